The van der Waals surface area contributed by atoms with Gasteiger partial charge in [-0.2, -0.15) is 8.42 Å². The third-order valence-corrected chi connectivity index (χ3v) is 6.56. The SMILES string of the molecule is CCCCCCN1C(=O)O[C@@H](COS(=O)(=O)c2ccc(C)cc2)[C@H]1c1ccccc1. The third kappa shape index (κ3) is 5.40. The van der Waals surface area contributed by atoms with Crippen LogP contribution in [0.1, 0.15) is 49.8 Å². The Labute approximate surface area is 178 Å². The van der Waals surface area contributed by atoms with E-state index < -0.39 is 22.3 Å². The first-order valence-electron chi connectivity index (χ1n) is 10.4. The van der Waals surface area contributed by atoms with Gasteiger partial charge in [0.25, 0.3) is 10.1 Å². The van der Waals surface area contributed by atoms with Gasteiger partial charge in [0, 0.05) is 6.54 Å². The molecule has 1 amide bonds. The molecule has 0 unspecified atom stereocenters. The predicted octanol–water partition coefficient (Wildman–Crippen LogP) is 4.84. The molecule has 6 nitrogen and oxygen atoms in total. The molecule has 0 saturated carbocycles. The van der Waals surface area contributed by atoms with Gasteiger partial charge in [-0.05, 0) is 31.0 Å². The van der Waals surface area contributed by atoms with Gasteiger partial charge in [0.15, 0.2) is 6.10 Å². The highest BCUT2D eigenvalue weighted by Crippen LogP contribution is 2.34. The maximum absolute atomic E-state index is 12.6. The van der Waals surface area contributed by atoms with Gasteiger partial charge in [0.05, 0.1) is 10.9 Å². The van der Waals surface area contributed by atoms with E-state index in [0.29, 0.717) is 6.54 Å². The molecular formula is C23H29NO5S. The summed E-state index contributed by atoms with van der Waals surface area (Å²) in [6.45, 7) is 4.36. The van der Waals surface area contributed by atoms with Crippen LogP contribution in [0.25, 0.3) is 0 Å². The summed E-state index contributed by atoms with van der Waals surface area (Å²) >= 11 is 0. The van der Waals surface area contributed by atoms with E-state index in [0.717, 1.165) is 36.8 Å². The summed E-state index contributed by atoms with van der Waals surface area (Å²) in [5, 5.41) is 0. The van der Waals surface area contributed by atoms with Crippen molar-refractivity contribution in [1.82, 2.24) is 4.90 Å². The molecule has 2 aromatic carbocycles. The summed E-state index contributed by atoms with van der Waals surface area (Å²) in [5.41, 5.74) is 1.86. The van der Waals surface area contributed by atoms with E-state index in [1.165, 1.54) is 12.1 Å². The summed E-state index contributed by atoms with van der Waals surface area (Å²) in [5.74, 6) is 0. The molecule has 0 bridgehead atoms. The highest BCUT2D eigenvalue weighted by atomic mass is 32.2. The van der Waals surface area contributed by atoms with Crippen molar-refractivity contribution in [3.63, 3.8) is 0 Å². The zero-order chi connectivity index (χ0) is 21.6. The first-order chi connectivity index (χ1) is 14.4. The summed E-state index contributed by atoms with van der Waals surface area (Å²) in [7, 11) is -3.94. The van der Waals surface area contributed by atoms with Crippen LogP contribution in [0, 0.1) is 6.92 Å². The smallest absolute Gasteiger partial charge is 0.410 e. The number of cyclic esters (lactones) is 1. The average Bonchev–Trinajstić information content (AvgIpc) is 3.06. The van der Waals surface area contributed by atoms with Crippen LogP contribution in [0.2, 0.25) is 0 Å². The van der Waals surface area contributed by atoms with E-state index >= 15 is 0 Å². The van der Waals surface area contributed by atoms with Gasteiger partial charge >= 0.3 is 6.09 Å². The second-order valence-electron chi connectivity index (χ2n) is 7.58. The van der Waals surface area contributed by atoms with Gasteiger partial charge in [0.2, 0.25) is 0 Å². The van der Waals surface area contributed by atoms with Crippen LogP contribution in [0.3, 0.4) is 0 Å². The molecule has 1 saturated heterocycles. The first kappa shape index (κ1) is 22.3. The molecule has 2 aromatic rings. The number of unbranched alkanes of at least 4 members (excludes halogenated alkanes) is 3. The average molecular weight is 432 g/mol. The molecule has 0 aliphatic carbocycles. The molecule has 0 aromatic heterocycles. The van der Waals surface area contributed by atoms with Crippen LogP contribution in [0.5, 0.6) is 0 Å². The third-order valence-electron chi connectivity index (χ3n) is 5.27. The van der Waals surface area contributed by atoms with Crippen LogP contribution in [-0.2, 0) is 19.0 Å². The Morgan fingerprint density at radius 1 is 1.00 bits per heavy atom. The second-order valence-corrected chi connectivity index (χ2v) is 9.20. The number of nitrogens with zero attached hydrogens (tertiary/aromatic N) is 1. The maximum atomic E-state index is 12.6. The molecule has 1 aliphatic heterocycles. The molecule has 3 rings (SSSR count). The molecule has 0 spiro atoms. The summed E-state index contributed by atoms with van der Waals surface area (Å²) in [6, 6.07) is 15.6. The van der Waals surface area contributed by atoms with E-state index in [2.05, 4.69) is 6.92 Å². The number of ether oxygens (including phenoxy) is 1. The van der Waals surface area contributed by atoms with Crippen molar-refractivity contribution in [2.45, 2.75) is 56.6 Å². The highest BCUT2D eigenvalue weighted by Gasteiger charge is 2.43. The van der Waals surface area contributed by atoms with E-state index in [9.17, 15) is 13.2 Å². The summed E-state index contributed by atoms with van der Waals surface area (Å²) in [4.78, 5) is 14.3. The molecule has 30 heavy (non-hydrogen) atoms. The summed E-state index contributed by atoms with van der Waals surface area (Å²) in [6.07, 6.45) is 3.00. The van der Waals surface area contributed by atoms with E-state index in [1.807, 2.05) is 37.3 Å². The zero-order valence-corrected chi connectivity index (χ0v) is 18.3. The number of amides is 1. The molecular weight excluding hydrogens is 402 g/mol. The fourth-order valence-electron chi connectivity index (χ4n) is 3.61. The van der Waals surface area contributed by atoms with Crippen molar-refractivity contribution in [2.75, 3.05) is 13.2 Å². The molecule has 2 atom stereocenters. The maximum Gasteiger partial charge on any atom is 0.410 e. The van der Waals surface area contributed by atoms with Crippen molar-refractivity contribution >= 4 is 16.2 Å². The van der Waals surface area contributed by atoms with Crippen LogP contribution in [0.4, 0.5) is 4.79 Å². The van der Waals surface area contributed by atoms with Crippen molar-refractivity contribution in [3.8, 4) is 0 Å². The van der Waals surface area contributed by atoms with E-state index in [4.69, 9.17) is 8.92 Å². The van der Waals surface area contributed by atoms with Crippen molar-refractivity contribution < 1.29 is 22.1 Å². The zero-order valence-electron chi connectivity index (χ0n) is 17.5. The van der Waals surface area contributed by atoms with Crippen LogP contribution in [0.15, 0.2) is 59.5 Å². The Morgan fingerprint density at radius 3 is 2.37 bits per heavy atom. The minimum Gasteiger partial charge on any atom is -0.441 e. The highest BCUT2D eigenvalue weighted by molar-refractivity contribution is 7.86. The van der Waals surface area contributed by atoms with Gasteiger partial charge < -0.3 is 4.74 Å². The molecule has 1 heterocycles. The van der Waals surface area contributed by atoms with Gasteiger partial charge in [-0.1, -0.05) is 74.2 Å². The first-order valence-corrected chi connectivity index (χ1v) is 11.8. The van der Waals surface area contributed by atoms with Gasteiger partial charge in [0.1, 0.15) is 6.61 Å². The van der Waals surface area contributed by atoms with Gasteiger partial charge in [-0.25, -0.2) is 4.79 Å². The topological polar surface area (TPSA) is 72.9 Å². The standard InChI is InChI=1S/C23H29NO5S/c1-3-4-5-9-16-24-22(19-10-7-6-8-11-19)21(29-23(24)25)17-28-30(26,27)20-14-12-18(2)13-15-20/h6-8,10-15,21-22H,3-5,9,16-17H2,1-2H3/t21-,22+/m0/s1. The predicted molar refractivity (Wildman–Crippen MR) is 115 cm³/mol. The molecule has 7 heteroatoms. The Bertz CT molecular complexity index is 928. The van der Waals surface area contributed by atoms with Crippen LogP contribution < -0.4 is 0 Å². The summed E-state index contributed by atoms with van der Waals surface area (Å²) < 4.78 is 36.0. The van der Waals surface area contributed by atoms with E-state index in [1.54, 1.807) is 17.0 Å². The number of rotatable bonds is 10. The number of aryl methyl sites for hydroxylation is 1. The molecule has 0 N–H and O–H groups in total. The Balaban J connectivity index is 1.75. The lowest BCUT2D eigenvalue weighted by atomic mass is 10.0. The van der Waals surface area contributed by atoms with Crippen molar-refractivity contribution in [1.29, 1.82) is 0 Å². The fraction of sp³-hybridized carbons (Fsp3) is 0.435. The second kappa shape index (κ2) is 10.1. The lowest BCUT2D eigenvalue weighted by molar-refractivity contribution is 0.0939. The van der Waals surface area contributed by atoms with Crippen molar-refractivity contribution in [3.05, 3.63) is 65.7 Å². The minimum absolute atomic E-state index is 0.0881. The molecule has 162 valence electrons. The van der Waals surface area contributed by atoms with Crippen molar-refractivity contribution in [2.24, 2.45) is 0 Å². The monoisotopic (exact) mass is 431 g/mol. The fourth-order valence-corrected chi connectivity index (χ4v) is 4.53. The molecule has 1 fully saturated rings. The minimum atomic E-state index is -3.94. The van der Waals surface area contributed by atoms with E-state index in [-0.39, 0.29) is 17.5 Å². The molecule has 0 radical (unpaired) electrons. The normalized spacial score (nSPS) is 19.1. The number of hydrogen-bond acceptors (Lipinski definition) is 5. The van der Waals surface area contributed by atoms with Crippen LogP contribution >= 0.6 is 0 Å². The number of hydrogen-bond donors (Lipinski definition) is 0. The lowest BCUT2D eigenvalue weighted by Gasteiger charge is -2.25. The number of benzene rings is 2. The number of carbonyl (C=O) groups is 1. The lowest BCUT2D eigenvalue weighted by Crippen LogP contribution is -2.32. The quantitative estimate of drug-likeness (QED) is 0.397. The van der Waals surface area contributed by atoms with Gasteiger partial charge in [-0.3, -0.25) is 9.08 Å². The van der Waals surface area contributed by atoms with Gasteiger partial charge in [-0.15, -0.1) is 0 Å². The Hall–Kier alpha value is -2.38. The number of carbonyl (C=O) groups excluding carboxylic acids is 1. The van der Waals surface area contributed by atoms with Crippen LogP contribution in [-0.4, -0.2) is 38.7 Å². The molecule has 1 aliphatic rings. The Kier molecular flexibility index (Phi) is 7.50. The Morgan fingerprint density at radius 2 is 1.70 bits per heavy atom. The largest absolute Gasteiger partial charge is 0.441 e.